The molecule has 2 aromatic carbocycles. The van der Waals surface area contributed by atoms with Crippen molar-refractivity contribution in [2.75, 3.05) is 5.75 Å². The second-order valence-electron chi connectivity index (χ2n) is 8.78. The van der Waals surface area contributed by atoms with Crippen LogP contribution in [0.4, 0.5) is 13.2 Å². The van der Waals surface area contributed by atoms with E-state index >= 15 is 0 Å². The molecule has 0 radical (unpaired) electrons. The topological polar surface area (TPSA) is 85.1 Å². The fraction of sp³-hybridized carbons (Fsp3) is 0.231. The van der Waals surface area contributed by atoms with Gasteiger partial charge in [0, 0.05) is 29.8 Å². The Labute approximate surface area is 207 Å². The molecule has 188 valence electrons. The number of nitrogens with zero attached hydrogens (tertiary/aromatic N) is 3. The van der Waals surface area contributed by atoms with Crippen LogP contribution in [0.2, 0.25) is 0 Å². The van der Waals surface area contributed by atoms with Crippen molar-refractivity contribution in [2.24, 2.45) is 0 Å². The lowest BCUT2D eigenvalue weighted by Gasteiger charge is -2.14. The highest BCUT2D eigenvalue weighted by Gasteiger charge is 2.35. The predicted octanol–water partition coefficient (Wildman–Crippen LogP) is 5.64. The van der Waals surface area contributed by atoms with Crippen LogP contribution in [0.3, 0.4) is 0 Å². The highest BCUT2D eigenvalue weighted by atomic mass is 32.2. The summed E-state index contributed by atoms with van der Waals surface area (Å²) in [6.07, 6.45) is -0.967. The van der Waals surface area contributed by atoms with Gasteiger partial charge >= 0.3 is 6.18 Å². The first-order valence-corrected chi connectivity index (χ1v) is 12.7. The highest BCUT2D eigenvalue weighted by molar-refractivity contribution is 7.91. The highest BCUT2D eigenvalue weighted by Crippen LogP contribution is 2.38. The zero-order chi connectivity index (χ0) is 26.3. The van der Waals surface area contributed by atoms with Crippen LogP contribution in [-0.4, -0.2) is 33.8 Å². The first kappa shape index (κ1) is 25.6. The van der Waals surface area contributed by atoms with E-state index in [9.17, 15) is 26.7 Å². The standard InChI is InChI=1S/C26H24F3N3O3S/c1-4-36(34,35)20-7-5-6-18(14-20)17-8-10-19(11-9-17)32-16-23(25(2,3)33)31-24(32)21-15-30-13-12-22(21)26(27,28)29/h5-16,33H,4H2,1-3H3. The maximum absolute atomic E-state index is 13.7. The molecular formula is C26H24F3N3O3S. The van der Waals surface area contributed by atoms with E-state index in [0.717, 1.165) is 24.0 Å². The van der Waals surface area contributed by atoms with E-state index in [1.165, 1.54) is 24.6 Å². The van der Waals surface area contributed by atoms with Gasteiger partial charge in [-0.3, -0.25) is 9.55 Å². The Bertz CT molecular complexity index is 1500. The van der Waals surface area contributed by atoms with Crippen molar-refractivity contribution in [1.82, 2.24) is 14.5 Å². The normalized spacial score (nSPS) is 12.6. The number of hydrogen-bond acceptors (Lipinski definition) is 5. The van der Waals surface area contributed by atoms with Crippen LogP contribution in [0.15, 0.2) is 78.1 Å². The molecule has 0 saturated heterocycles. The number of benzene rings is 2. The minimum Gasteiger partial charge on any atom is -0.384 e. The summed E-state index contributed by atoms with van der Waals surface area (Å²) in [7, 11) is -3.38. The van der Waals surface area contributed by atoms with Gasteiger partial charge in [0.25, 0.3) is 0 Å². The number of pyridine rings is 1. The van der Waals surface area contributed by atoms with Crippen LogP contribution in [0, 0.1) is 0 Å². The molecule has 4 aromatic rings. The van der Waals surface area contributed by atoms with E-state index in [1.807, 2.05) is 0 Å². The smallest absolute Gasteiger partial charge is 0.384 e. The molecule has 0 bridgehead atoms. The number of aliphatic hydroxyl groups is 1. The van der Waals surface area contributed by atoms with Crippen molar-refractivity contribution in [3.8, 4) is 28.2 Å². The molecule has 0 aliphatic rings. The molecular weight excluding hydrogens is 491 g/mol. The second-order valence-corrected chi connectivity index (χ2v) is 11.1. The molecule has 0 atom stereocenters. The lowest BCUT2D eigenvalue weighted by atomic mass is 10.1. The Hall–Kier alpha value is -3.50. The number of sulfone groups is 1. The number of alkyl halides is 3. The summed E-state index contributed by atoms with van der Waals surface area (Å²) in [4.78, 5) is 8.42. The van der Waals surface area contributed by atoms with E-state index in [1.54, 1.807) is 55.5 Å². The lowest BCUT2D eigenvalue weighted by molar-refractivity contribution is -0.137. The van der Waals surface area contributed by atoms with Crippen molar-refractivity contribution in [3.63, 3.8) is 0 Å². The molecule has 0 saturated carbocycles. The quantitative estimate of drug-likeness (QED) is 0.359. The summed E-state index contributed by atoms with van der Waals surface area (Å²) in [5.41, 5.74) is -0.396. The van der Waals surface area contributed by atoms with Gasteiger partial charge in [-0.25, -0.2) is 13.4 Å². The molecule has 2 aromatic heterocycles. The van der Waals surface area contributed by atoms with Gasteiger partial charge in [-0.2, -0.15) is 13.2 Å². The zero-order valence-corrected chi connectivity index (χ0v) is 20.6. The molecule has 10 heteroatoms. The SMILES string of the molecule is CCS(=O)(=O)c1cccc(-c2ccc(-n3cc(C(C)(C)O)nc3-c3cnccc3C(F)(F)F)cc2)c1. The van der Waals surface area contributed by atoms with Crippen molar-refractivity contribution in [3.05, 3.63) is 84.4 Å². The van der Waals surface area contributed by atoms with Crippen LogP contribution in [0.5, 0.6) is 0 Å². The predicted molar refractivity (Wildman–Crippen MR) is 130 cm³/mol. The number of halogens is 3. The molecule has 2 heterocycles. The third-order valence-electron chi connectivity index (χ3n) is 5.75. The van der Waals surface area contributed by atoms with E-state index in [-0.39, 0.29) is 27.7 Å². The zero-order valence-electron chi connectivity index (χ0n) is 19.8. The first-order chi connectivity index (χ1) is 16.8. The molecule has 1 N–H and O–H groups in total. The maximum Gasteiger partial charge on any atom is 0.417 e. The number of rotatable bonds is 6. The van der Waals surface area contributed by atoms with E-state index < -0.39 is 27.2 Å². The van der Waals surface area contributed by atoms with Crippen LogP contribution < -0.4 is 0 Å². The van der Waals surface area contributed by atoms with Crippen molar-refractivity contribution in [2.45, 2.75) is 37.4 Å². The minimum atomic E-state index is -4.63. The summed E-state index contributed by atoms with van der Waals surface area (Å²) in [6.45, 7) is 4.57. The molecule has 0 unspecified atom stereocenters. The molecule has 6 nitrogen and oxygen atoms in total. The van der Waals surface area contributed by atoms with Gasteiger partial charge in [-0.1, -0.05) is 31.2 Å². The Morgan fingerprint density at radius 2 is 1.69 bits per heavy atom. The van der Waals surface area contributed by atoms with Gasteiger partial charge in [0.05, 0.1) is 21.9 Å². The van der Waals surface area contributed by atoms with Gasteiger partial charge < -0.3 is 5.11 Å². The van der Waals surface area contributed by atoms with Crippen molar-refractivity contribution < 1.29 is 26.7 Å². The Morgan fingerprint density at radius 3 is 2.31 bits per heavy atom. The number of imidazole rings is 1. The van der Waals surface area contributed by atoms with Crippen molar-refractivity contribution >= 4 is 9.84 Å². The van der Waals surface area contributed by atoms with Gasteiger partial charge in [0.1, 0.15) is 11.4 Å². The minimum absolute atomic E-state index is 0.0173. The summed E-state index contributed by atoms with van der Waals surface area (Å²) in [5.74, 6) is -0.0345. The van der Waals surface area contributed by atoms with Crippen molar-refractivity contribution in [1.29, 1.82) is 0 Å². The average Bonchev–Trinajstić information content (AvgIpc) is 3.30. The maximum atomic E-state index is 13.7. The molecule has 0 aliphatic heterocycles. The summed E-state index contributed by atoms with van der Waals surface area (Å²) in [6, 6.07) is 14.3. The third-order valence-corrected chi connectivity index (χ3v) is 7.48. The first-order valence-electron chi connectivity index (χ1n) is 11.1. The molecule has 0 aliphatic carbocycles. The second kappa shape index (κ2) is 9.18. The summed E-state index contributed by atoms with van der Waals surface area (Å²) < 4.78 is 67.2. The van der Waals surface area contributed by atoms with Gasteiger partial charge in [0.2, 0.25) is 0 Å². The van der Waals surface area contributed by atoms with E-state index in [0.29, 0.717) is 11.3 Å². The van der Waals surface area contributed by atoms with Gasteiger partial charge in [0.15, 0.2) is 9.84 Å². The molecule has 36 heavy (non-hydrogen) atoms. The van der Waals surface area contributed by atoms with E-state index in [4.69, 9.17) is 0 Å². The third kappa shape index (κ3) is 5.05. The summed E-state index contributed by atoms with van der Waals surface area (Å²) in [5, 5.41) is 10.5. The van der Waals surface area contributed by atoms with Crippen LogP contribution in [0.25, 0.3) is 28.2 Å². The number of hydrogen-bond donors (Lipinski definition) is 1. The molecule has 4 rings (SSSR count). The Balaban J connectivity index is 1.83. The molecule has 0 spiro atoms. The van der Waals surface area contributed by atoms with Crippen LogP contribution in [0.1, 0.15) is 32.0 Å². The lowest BCUT2D eigenvalue weighted by Crippen LogP contribution is -2.15. The monoisotopic (exact) mass is 515 g/mol. The van der Waals surface area contributed by atoms with Crippen LogP contribution in [-0.2, 0) is 21.6 Å². The van der Waals surface area contributed by atoms with E-state index in [2.05, 4.69) is 9.97 Å². The molecule has 0 fully saturated rings. The fourth-order valence-electron chi connectivity index (χ4n) is 3.73. The van der Waals surface area contributed by atoms with Crippen LogP contribution >= 0.6 is 0 Å². The Morgan fingerprint density at radius 1 is 1.00 bits per heavy atom. The largest absolute Gasteiger partial charge is 0.417 e. The number of aromatic nitrogens is 3. The average molecular weight is 516 g/mol. The van der Waals surface area contributed by atoms with Gasteiger partial charge in [-0.05, 0) is 55.3 Å². The van der Waals surface area contributed by atoms with Gasteiger partial charge in [-0.15, -0.1) is 0 Å². The fourth-order valence-corrected chi connectivity index (χ4v) is 4.66. The Kier molecular flexibility index (Phi) is 6.52. The summed E-state index contributed by atoms with van der Waals surface area (Å²) >= 11 is 0. The molecule has 0 amide bonds.